The fourth-order valence-electron chi connectivity index (χ4n) is 2.03. The molecule has 3 rings (SSSR count). The molecule has 18 heavy (non-hydrogen) atoms. The zero-order valence-corrected chi connectivity index (χ0v) is 9.89. The van der Waals surface area contributed by atoms with Gasteiger partial charge in [-0.05, 0) is 36.8 Å². The molecule has 0 unspecified atom stereocenters. The first-order chi connectivity index (χ1) is 8.65. The van der Waals surface area contributed by atoms with Crippen LogP contribution in [0.1, 0.15) is 5.56 Å². The van der Waals surface area contributed by atoms with Gasteiger partial charge in [0.25, 0.3) is 0 Å². The third-order valence-electron chi connectivity index (χ3n) is 3.05. The molecule has 0 spiro atoms. The van der Waals surface area contributed by atoms with E-state index in [0.717, 1.165) is 22.5 Å². The number of benzene rings is 1. The molecule has 0 aliphatic carbocycles. The van der Waals surface area contributed by atoms with Crippen molar-refractivity contribution >= 4 is 11.3 Å². The monoisotopic (exact) mass is 241 g/mol. The maximum atomic E-state index is 13.4. The van der Waals surface area contributed by atoms with Crippen LogP contribution in [0.25, 0.3) is 16.9 Å². The van der Waals surface area contributed by atoms with Gasteiger partial charge in [0.15, 0.2) is 0 Å². The highest BCUT2D eigenvalue weighted by Gasteiger charge is 2.10. The lowest BCUT2D eigenvalue weighted by Gasteiger charge is -2.06. The topological polar surface area (TPSA) is 43.3 Å². The van der Waals surface area contributed by atoms with Crippen molar-refractivity contribution in [3.05, 3.63) is 54.1 Å². The van der Waals surface area contributed by atoms with Crippen LogP contribution < -0.4 is 5.73 Å². The van der Waals surface area contributed by atoms with Crippen LogP contribution in [0.5, 0.6) is 0 Å². The summed E-state index contributed by atoms with van der Waals surface area (Å²) in [6.07, 6.45) is 3.78. The zero-order valence-electron chi connectivity index (χ0n) is 9.89. The molecule has 0 amide bonds. The predicted molar refractivity (Wildman–Crippen MR) is 69.7 cm³/mol. The van der Waals surface area contributed by atoms with Crippen molar-refractivity contribution in [2.75, 3.05) is 5.73 Å². The minimum Gasteiger partial charge on any atom is -0.398 e. The van der Waals surface area contributed by atoms with E-state index in [-0.39, 0.29) is 5.82 Å². The summed E-state index contributed by atoms with van der Waals surface area (Å²) in [6.45, 7) is 1.87. The van der Waals surface area contributed by atoms with E-state index in [1.54, 1.807) is 0 Å². The summed E-state index contributed by atoms with van der Waals surface area (Å²) in [7, 11) is 0. The lowest BCUT2D eigenvalue weighted by atomic mass is 10.0. The van der Waals surface area contributed by atoms with Gasteiger partial charge in [0.1, 0.15) is 11.5 Å². The summed E-state index contributed by atoms with van der Waals surface area (Å²) in [5, 5.41) is 0. The summed E-state index contributed by atoms with van der Waals surface area (Å²) < 4.78 is 15.3. The van der Waals surface area contributed by atoms with Crippen molar-refractivity contribution in [2.45, 2.75) is 6.92 Å². The number of imidazole rings is 1. The van der Waals surface area contributed by atoms with Crippen LogP contribution in [0.2, 0.25) is 0 Å². The normalized spacial score (nSPS) is 11.0. The molecule has 2 N–H and O–H groups in total. The first-order valence-electron chi connectivity index (χ1n) is 5.65. The number of fused-ring (bicyclic) bond motifs is 1. The van der Waals surface area contributed by atoms with E-state index in [0.29, 0.717) is 5.69 Å². The number of pyridine rings is 1. The number of anilines is 1. The van der Waals surface area contributed by atoms with Gasteiger partial charge < -0.3 is 10.1 Å². The van der Waals surface area contributed by atoms with Crippen LogP contribution in [-0.4, -0.2) is 9.38 Å². The van der Waals surface area contributed by atoms with Crippen molar-refractivity contribution in [1.29, 1.82) is 0 Å². The molecular formula is C14H12FN3. The number of aromatic nitrogens is 2. The molecule has 0 bridgehead atoms. The largest absolute Gasteiger partial charge is 0.398 e. The molecule has 4 heteroatoms. The van der Waals surface area contributed by atoms with Gasteiger partial charge in [-0.2, -0.15) is 0 Å². The molecule has 0 saturated heterocycles. The van der Waals surface area contributed by atoms with Crippen molar-refractivity contribution in [2.24, 2.45) is 0 Å². The molecule has 0 fully saturated rings. The van der Waals surface area contributed by atoms with Crippen LogP contribution in [0.4, 0.5) is 10.1 Å². The van der Waals surface area contributed by atoms with Crippen molar-refractivity contribution < 1.29 is 4.39 Å². The fourth-order valence-corrected chi connectivity index (χ4v) is 2.03. The summed E-state index contributed by atoms with van der Waals surface area (Å²) in [6, 6.07) is 8.54. The Morgan fingerprint density at radius 3 is 2.89 bits per heavy atom. The highest BCUT2D eigenvalue weighted by Crippen LogP contribution is 2.27. The first-order valence-corrected chi connectivity index (χ1v) is 5.65. The lowest BCUT2D eigenvalue weighted by Crippen LogP contribution is -1.94. The highest BCUT2D eigenvalue weighted by atomic mass is 19.1. The van der Waals surface area contributed by atoms with Gasteiger partial charge in [-0.1, -0.05) is 6.07 Å². The molecule has 0 radical (unpaired) electrons. The Morgan fingerprint density at radius 2 is 2.11 bits per heavy atom. The van der Waals surface area contributed by atoms with Gasteiger partial charge in [0, 0.05) is 23.6 Å². The van der Waals surface area contributed by atoms with Crippen molar-refractivity contribution in [1.82, 2.24) is 9.38 Å². The van der Waals surface area contributed by atoms with Gasteiger partial charge in [-0.3, -0.25) is 0 Å². The van der Waals surface area contributed by atoms with E-state index in [4.69, 9.17) is 5.73 Å². The quantitative estimate of drug-likeness (QED) is 0.665. The summed E-state index contributed by atoms with van der Waals surface area (Å²) >= 11 is 0. The Morgan fingerprint density at radius 1 is 1.28 bits per heavy atom. The maximum Gasteiger partial charge on any atom is 0.137 e. The average Bonchev–Trinajstić information content (AvgIpc) is 2.77. The molecule has 0 saturated carbocycles. The van der Waals surface area contributed by atoms with E-state index >= 15 is 0 Å². The standard InChI is InChI=1S/C14H12FN3/c1-9-11(6-10(15)7-12(9)16)13-8-18-5-3-2-4-14(18)17-13/h2-8H,16H2,1H3. The zero-order chi connectivity index (χ0) is 12.7. The van der Waals surface area contributed by atoms with E-state index in [2.05, 4.69) is 4.98 Å². The Kier molecular flexibility index (Phi) is 2.30. The Labute approximate surface area is 104 Å². The molecular weight excluding hydrogens is 229 g/mol. The highest BCUT2D eigenvalue weighted by molar-refractivity contribution is 5.71. The van der Waals surface area contributed by atoms with Crippen molar-refractivity contribution in [3.8, 4) is 11.3 Å². The summed E-state index contributed by atoms with van der Waals surface area (Å²) in [4.78, 5) is 4.47. The van der Waals surface area contributed by atoms with E-state index in [9.17, 15) is 4.39 Å². The number of halogens is 1. The molecule has 90 valence electrons. The summed E-state index contributed by atoms with van der Waals surface area (Å²) in [5.74, 6) is -0.342. The third-order valence-corrected chi connectivity index (χ3v) is 3.05. The maximum absolute atomic E-state index is 13.4. The van der Waals surface area contributed by atoms with Gasteiger partial charge in [0.05, 0.1) is 5.69 Å². The fraction of sp³-hybridized carbons (Fsp3) is 0.0714. The van der Waals surface area contributed by atoms with Crippen molar-refractivity contribution in [3.63, 3.8) is 0 Å². The molecule has 2 aromatic heterocycles. The molecule has 3 aromatic rings. The lowest BCUT2D eigenvalue weighted by molar-refractivity contribution is 0.628. The van der Waals surface area contributed by atoms with Gasteiger partial charge in [-0.15, -0.1) is 0 Å². The Bertz CT molecular complexity index is 698. The molecule has 0 atom stereocenters. The average molecular weight is 241 g/mol. The van der Waals surface area contributed by atoms with Gasteiger partial charge in [0.2, 0.25) is 0 Å². The van der Waals surface area contributed by atoms with Crippen LogP contribution >= 0.6 is 0 Å². The number of nitrogens with two attached hydrogens (primary N) is 1. The van der Waals surface area contributed by atoms with E-state index in [1.807, 2.05) is 41.9 Å². The number of rotatable bonds is 1. The second-order valence-electron chi connectivity index (χ2n) is 4.26. The molecule has 2 heterocycles. The number of hydrogen-bond donors (Lipinski definition) is 1. The van der Waals surface area contributed by atoms with E-state index in [1.165, 1.54) is 12.1 Å². The van der Waals surface area contributed by atoms with Crippen LogP contribution in [0.3, 0.4) is 0 Å². The summed E-state index contributed by atoms with van der Waals surface area (Å²) in [5.41, 5.74) is 9.36. The molecule has 0 aliphatic rings. The molecule has 1 aromatic carbocycles. The second-order valence-corrected chi connectivity index (χ2v) is 4.26. The smallest absolute Gasteiger partial charge is 0.137 e. The SMILES string of the molecule is Cc1c(N)cc(F)cc1-c1cn2ccccc2n1. The first kappa shape index (κ1) is 10.8. The third kappa shape index (κ3) is 1.62. The number of nitrogen functional groups attached to an aromatic ring is 1. The second kappa shape index (κ2) is 3.84. The van der Waals surface area contributed by atoms with Crippen LogP contribution in [0.15, 0.2) is 42.7 Å². The van der Waals surface area contributed by atoms with Gasteiger partial charge >= 0.3 is 0 Å². The van der Waals surface area contributed by atoms with Crippen LogP contribution in [0, 0.1) is 12.7 Å². The van der Waals surface area contributed by atoms with Gasteiger partial charge in [-0.25, -0.2) is 9.37 Å². The number of hydrogen-bond acceptors (Lipinski definition) is 2. The Balaban J connectivity index is 2.26. The minimum absolute atomic E-state index is 0.342. The molecule has 3 nitrogen and oxygen atoms in total. The Hall–Kier alpha value is -2.36. The molecule has 0 aliphatic heterocycles. The minimum atomic E-state index is -0.342. The van der Waals surface area contributed by atoms with E-state index < -0.39 is 0 Å². The number of nitrogens with zero attached hydrogens (tertiary/aromatic N) is 2. The van der Waals surface area contributed by atoms with Crippen LogP contribution in [-0.2, 0) is 0 Å². The predicted octanol–water partition coefficient (Wildman–Crippen LogP) is 3.03.